The molecular formula is C31H34F3N3O3S2. The van der Waals surface area contributed by atoms with Crippen molar-refractivity contribution in [2.24, 2.45) is 10.3 Å². The minimum Gasteiger partial charge on any atom is -0.406 e. The topological polar surface area (TPSA) is 74.2 Å². The average Bonchev–Trinajstić information content (AvgIpc) is 3.81. The van der Waals surface area contributed by atoms with Gasteiger partial charge >= 0.3 is 6.36 Å². The lowest BCUT2D eigenvalue weighted by Gasteiger charge is -2.38. The fourth-order valence-corrected chi connectivity index (χ4v) is 8.99. The Morgan fingerprint density at radius 1 is 0.929 bits per heavy atom. The number of rotatable bonds is 8. The largest absolute Gasteiger partial charge is 0.573 e. The number of fused-ring (bicyclic) bond motifs is 2. The van der Waals surface area contributed by atoms with Gasteiger partial charge in [-0.3, -0.25) is 4.31 Å². The van der Waals surface area contributed by atoms with Crippen molar-refractivity contribution in [2.75, 3.05) is 10.8 Å². The van der Waals surface area contributed by atoms with Crippen LogP contribution in [0.3, 0.4) is 0 Å². The molecule has 0 aromatic heterocycles. The van der Waals surface area contributed by atoms with Crippen LogP contribution in [-0.4, -0.2) is 39.6 Å². The van der Waals surface area contributed by atoms with Gasteiger partial charge in [-0.2, -0.15) is 0 Å². The molecule has 11 heteroatoms. The highest BCUT2D eigenvalue weighted by molar-refractivity contribution is 8.01. The normalized spacial score (nSPS) is 23.7. The van der Waals surface area contributed by atoms with Crippen LogP contribution in [0.5, 0.6) is 5.75 Å². The van der Waals surface area contributed by atoms with Crippen molar-refractivity contribution in [2.45, 2.75) is 73.6 Å². The van der Waals surface area contributed by atoms with Crippen LogP contribution in [0.2, 0.25) is 0 Å². The molecule has 2 fully saturated rings. The third-order valence-corrected chi connectivity index (χ3v) is 11.5. The van der Waals surface area contributed by atoms with E-state index >= 15 is 0 Å². The van der Waals surface area contributed by atoms with Gasteiger partial charge in [-0.05, 0) is 104 Å². The van der Waals surface area contributed by atoms with Gasteiger partial charge in [0.1, 0.15) is 15.7 Å². The van der Waals surface area contributed by atoms with E-state index in [9.17, 15) is 22.5 Å². The first kappa shape index (κ1) is 29.3. The number of alkyl halides is 3. The quantitative estimate of drug-likeness (QED) is 0.262. The van der Waals surface area contributed by atoms with Crippen LogP contribution in [0, 0.1) is 5.92 Å². The van der Waals surface area contributed by atoms with Gasteiger partial charge in [-0.15, -0.1) is 13.2 Å². The summed E-state index contributed by atoms with van der Waals surface area (Å²) >= 11 is 1.61. The number of hydrogen-bond donors (Lipinski definition) is 2. The highest BCUT2D eigenvalue weighted by Crippen LogP contribution is 2.44. The van der Waals surface area contributed by atoms with Gasteiger partial charge in [0.25, 0.3) is 0 Å². The highest BCUT2D eigenvalue weighted by atomic mass is 32.2. The van der Waals surface area contributed by atoms with E-state index in [1.165, 1.54) is 23.3 Å². The Kier molecular flexibility index (Phi) is 8.46. The summed E-state index contributed by atoms with van der Waals surface area (Å²) in [5.41, 5.74) is 4.72. The second kappa shape index (κ2) is 12.1. The third-order valence-electron chi connectivity index (χ3n) is 8.02. The maximum Gasteiger partial charge on any atom is 0.573 e. The van der Waals surface area contributed by atoms with Crippen molar-refractivity contribution >= 4 is 33.2 Å². The van der Waals surface area contributed by atoms with E-state index < -0.39 is 28.4 Å². The number of nitrogens with zero attached hydrogens (tertiary/aromatic N) is 2. The van der Waals surface area contributed by atoms with Crippen LogP contribution in [0.1, 0.15) is 43.2 Å². The number of hydrogen-bond acceptors (Lipinski definition) is 6. The second-order valence-corrected chi connectivity index (χ2v) is 14.3. The number of aliphatic hydroxyl groups excluding tert-OH is 1. The Morgan fingerprint density at radius 2 is 1.55 bits per heavy atom. The molecule has 0 saturated heterocycles. The Bertz CT molecular complexity index is 1470. The molecule has 4 atom stereocenters. The van der Waals surface area contributed by atoms with E-state index in [1.807, 2.05) is 12.1 Å². The van der Waals surface area contributed by atoms with Crippen LogP contribution < -0.4 is 13.8 Å². The predicted molar refractivity (Wildman–Crippen MR) is 160 cm³/mol. The van der Waals surface area contributed by atoms with Crippen molar-refractivity contribution < 1.29 is 27.2 Å². The summed E-state index contributed by atoms with van der Waals surface area (Å²) in [6, 6.07) is 21.2. The van der Waals surface area contributed by atoms with E-state index in [4.69, 9.17) is 0 Å². The summed E-state index contributed by atoms with van der Waals surface area (Å²) < 4.78 is 66.4. The van der Waals surface area contributed by atoms with Crippen LogP contribution in [0.4, 0.5) is 24.5 Å². The van der Waals surface area contributed by atoms with E-state index in [-0.39, 0.29) is 15.9 Å². The number of halogens is 3. The molecule has 42 heavy (non-hydrogen) atoms. The van der Waals surface area contributed by atoms with Crippen LogP contribution >= 0.6 is 11.9 Å². The standard InChI is InChI=1S/C31H34F3N3O3S2/c32-31(33,34)40-24-16-18-25(19-17-24)42(39,35-20-21-12-13-21)36-26-8-5-11-29(30(26)38)41-37-27-9-3-1-6-22(27)14-15-23-7-2-4-10-28(23)37/h1-4,6-7,9-10,16-19,21,26,29-30,38H,5,8,11-15,20H2,(H,35,36,39)/t26-,29?,30-,42?/m0/s1. The van der Waals surface area contributed by atoms with Crippen LogP contribution in [-0.2, 0) is 22.8 Å². The molecule has 0 bridgehead atoms. The summed E-state index contributed by atoms with van der Waals surface area (Å²) in [5.74, 6) is -0.0226. The molecule has 2 N–H and O–H groups in total. The highest BCUT2D eigenvalue weighted by Gasteiger charge is 2.37. The van der Waals surface area contributed by atoms with Gasteiger partial charge in [0.15, 0.2) is 0 Å². The second-order valence-electron chi connectivity index (χ2n) is 11.1. The number of benzene rings is 3. The Labute approximate surface area is 249 Å². The molecule has 6 rings (SSSR count). The molecule has 0 radical (unpaired) electrons. The first-order valence-electron chi connectivity index (χ1n) is 14.4. The molecular weight excluding hydrogens is 583 g/mol. The lowest BCUT2D eigenvalue weighted by atomic mass is 9.93. The van der Waals surface area contributed by atoms with Gasteiger partial charge in [-0.1, -0.05) is 42.8 Å². The summed E-state index contributed by atoms with van der Waals surface area (Å²) in [4.78, 5) is 0.273. The zero-order chi connectivity index (χ0) is 29.3. The van der Waals surface area contributed by atoms with E-state index in [0.717, 1.165) is 62.0 Å². The predicted octanol–water partition coefficient (Wildman–Crippen LogP) is 7.19. The number of anilines is 2. The van der Waals surface area contributed by atoms with Gasteiger partial charge in [0.05, 0.1) is 34.2 Å². The van der Waals surface area contributed by atoms with Crippen molar-refractivity contribution in [1.29, 1.82) is 0 Å². The number of aliphatic hydroxyl groups is 1. The molecule has 3 aromatic rings. The Balaban J connectivity index is 1.25. The van der Waals surface area contributed by atoms with Gasteiger partial charge < -0.3 is 9.84 Å². The number of aryl methyl sites for hydroxylation is 2. The van der Waals surface area contributed by atoms with Crippen LogP contribution in [0.25, 0.3) is 0 Å². The molecule has 2 aliphatic carbocycles. The Morgan fingerprint density at radius 3 is 2.14 bits per heavy atom. The minimum atomic E-state index is -4.81. The van der Waals surface area contributed by atoms with E-state index in [1.54, 1.807) is 11.9 Å². The van der Waals surface area contributed by atoms with Crippen LogP contribution in [0.15, 0.2) is 82.1 Å². The zero-order valence-electron chi connectivity index (χ0n) is 23.0. The zero-order valence-corrected chi connectivity index (χ0v) is 24.6. The summed E-state index contributed by atoms with van der Waals surface area (Å²) in [5, 5.41) is 11.5. The van der Waals surface area contributed by atoms with Crippen molar-refractivity contribution in [3.63, 3.8) is 0 Å². The molecule has 2 saturated carbocycles. The summed E-state index contributed by atoms with van der Waals surface area (Å²) in [7, 11) is -3.22. The molecule has 3 aliphatic rings. The number of para-hydroxylation sites is 2. The van der Waals surface area contributed by atoms with E-state index in [0.29, 0.717) is 18.9 Å². The molecule has 1 aliphatic heterocycles. The Hall–Kier alpha value is -2.73. The maximum atomic E-state index is 14.3. The third kappa shape index (κ3) is 6.74. The van der Waals surface area contributed by atoms with E-state index in [2.05, 4.69) is 54.5 Å². The molecule has 3 aromatic carbocycles. The number of ether oxygens (including phenoxy) is 1. The smallest absolute Gasteiger partial charge is 0.406 e. The van der Waals surface area contributed by atoms with Gasteiger partial charge in [-0.25, -0.2) is 13.3 Å². The average molecular weight is 618 g/mol. The molecule has 6 nitrogen and oxygen atoms in total. The fraction of sp³-hybridized carbons (Fsp3) is 0.419. The number of nitrogens with one attached hydrogen (secondary N) is 1. The molecule has 224 valence electrons. The fourth-order valence-electron chi connectivity index (χ4n) is 5.59. The lowest BCUT2D eigenvalue weighted by molar-refractivity contribution is -0.274. The molecule has 0 amide bonds. The first-order valence-corrected chi connectivity index (χ1v) is 16.7. The van der Waals surface area contributed by atoms with Gasteiger partial charge in [0, 0.05) is 6.04 Å². The molecule has 1 heterocycles. The lowest BCUT2D eigenvalue weighted by Crippen LogP contribution is -2.50. The van der Waals surface area contributed by atoms with Crippen molar-refractivity contribution in [3.05, 3.63) is 83.9 Å². The van der Waals surface area contributed by atoms with Gasteiger partial charge in [0.2, 0.25) is 0 Å². The minimum absolute atomic E-state index is 0.176. The monoisotopic (exact) mass is 617 g/mol. The van der Waals surface area contributed by atoms with Crippen molar-refractivity contribution in [1.82, 2.24) is 4.72 Å². The molecule has 0 spiro atoms. The first-order chi connectivity index (χ1) is 20.2. The summed E-state index contributed by atoms with van der Waals surface area (Å²) in [6.07, 6.45) is 0.465. The molecule has 2 unspecified atom stereocenters. The maximum absolute atomic E-state index is 14.3. The van der Waals surface area contributed by atoms with Crippen molar-refractivity contribution in [3.8, 4) is 5.75 Å². The summed E-state index contributed by atoms with van der Waals surface area (Å²) in [6.45, 7) is 0.398. The SMILES string of the molecule is O=S(=NCC1CC1)(N[C@H]1CCCC(SN2c3ccccc3CCc3ccccc32)[C@H]1O)c1ccc(OC(F)(F)F)cc1.